The predicted molar refractivity (Wildman–Crippen MR) is 111 cm³/mol. The van der Waals surface area contributed by atoms with Crippen molar-refractivity contribution in [2.75, 3.05) is 26.2 Å². The molecule has 0 saturated heterocycles. The summed E-state index contributed by atoms with van der Waals surface area (Å²) in [5, 5.41) is 3.29. The summed E-state index contributed by atoms with van der Waals surface area (Å²) in [5.41, 5.74) is 0.890. The van der Waals surface area contributed by atoms with E-state index in [9.17, 15) is 18.0 Å². The molecule has 1 amide bonds. The molecule has 170 valence electrons. The van der Waals surface area contributed by atoms with Crippen LogP contribution in [0.4, 0.5) is 13.2 Å². The van der Waals surface area contributed by atoms with Crippen molar-refractivity contribution in [3.63, 3.8) is 0 Å². The molecule has 0 unspecified atom stereocenters. The molecule has 1 aliphatic heterocycles. The smallest absolute Gasteiger partial charge is 0.422 e. The minimum atomic E-state index is -4.33. The van der Waals surface area contributed by atoms with Gasteiger partial charge in [0.1, 0.15) is 0 Å². The number of fused-ring (bicyclic) bond motifs is 1. The number of carbonyl (C=O) groups is 1. The van der Waals surface area contributed by atoms with Crippen LogP contribution in [-0.4, -0.2) is 54.3 Å². The van der Waals surface area contributed by atoms with Crippen molar-refractivity contribution in [1.82, 2.24) is 15.2 Å². The van der Waals surface area contributed by atoms with Gasteiger partial charge in [0.2, 0.25) is 5.91 Å². The minimum absolute atomic E-state index is 0.0378. The third-order valence-electron chi connectivity index (χ3n) is 6.01. The average Bonchev–Trinajstić information content (AvgIpc) is 2.99. The van der Waals surface area contributed by atoms with E-state index in [-0.39, 0.29) is 17.0 Å². The van der Waals surface area contributed by atoms with Crippen molar-refractivity contribution >= 4 is 17.2 Å². The molecule has 1 aliphatic carbocycles. The molecule has 1 aromatic heterocycles. The summed E-state index contributed by atoms with van der Waals surface area (Å²) in [7, 11) is 0. The predicted octanol–water partition coefficient (Wildman–Crippen LogP) is 4.21. The zero-order valence-electron chi connectivity index (χ0n) is 17.8. The van der Waals surface area contributed by atoms with E-state index in [0.29, 0.717) is 12.0 Å². The molecule has 1 saturated carbocycles. The minimum Gasteiger partial charge on any atom is -0.460 e. The quantitative estimate of drug-likeness (QED) is 0.681. The Balaban J connectivity index is 1.37. The number of rotatable bonds is 7. The molecule has 1 aromatic rings. The van der Waals surface area contributed by atoms with Gasteiger partial charge in [-0.3, -0.25) is 4.79 Å². The molecule has 1 N–H and O–H groups in total. The summed E-state index contributed by atoms with van der Waals surface area (Å²) < 4.78 is 41.8. The molecule has 0 radical (unpaired) electrons. The lowest BCUT2D eigenvalue weighted by atomic mass is 9.84. The number of ether oxygens (including phenoxy) is 1. The first-order chi connectivity index (χ1) is 14.2. The van der Waals surface area contributed by atoms with E-state index in [4.69, 9.17) is 4.74 Å². The topological polar surface area (TPSA) is 54.5 Å². The highest BCUT2D eigenvalue weighted by Crippen LogP contribution is 2.31. The van der Waals surface area contributed by atoms with E-state index in [1.165, 1.54) is 11.3 Å². The molecule has 0 aromatic carbocycles. The second kappa shape index (κ2) is 10.3. The maximum absolute atomic E-state index is 12.3. The number of amides is 1. The van der Waals surface area contributed by atoms with E-state index in [2.05, 4.69) is 15.2 Å². The van der Waals surface area contributed by atoms with Gasteiger partial charge in [-0.15, -0.1) is 0 Å². The summed E-state index contributed by atoms with van der Waals surface area (Å²) in [6.07, 6.45) is 2.84. The summed E-state index contributed by atoms with van der Waals surface area (Å²) in [6.45, 7) is 5.40. The molecule has 9 heteroatoms. The van der Waals surface area contributed by atoms with Gasteiger partial charge in [0.05, 0.1) is 5.69 Å². The number of carbonyl (C=O) groups excluding carboxylic acids is 1. The van der Waals surface area contributed by atoms with E-state index < -0.39 is 12.8 Å². The van der Waals surface area contributed by atoms with Crippen molar-refractivity contribution < 1.29 is 22.7 Å². The van der Waals surface area contributed by atoms with Crippen LogP contribution in [0.1, 0.15) is 56.5 Å². The molecule has 30 heavy (non-hydrogen) atoms. The van der Waals surface area contributed by atoms with Crippen molar-refractivity contribution in [1.29, 1.82) is 0 Å². The van der Waals surface area contributed by atoms with E-state index in [1.807, 2.05) is 13.8 Å². The van der Waals surface area contributed by atoms with Crippen molar-refractivity contribution in [3.05, 3.63) is 10.6 Å². The molecule has 3 rings (SSSR count). The zero-order chi connectivity index (χ0) is 21.7. The number of aromatic nitrogens is 1. The summed E-state index contributed by atoms with van der Waals surface area (Å²) in [4.78, 5) is 19.6. The van der Waals surface area contributed by atoms with Crippen molar-refractivity contribution in [2.45, 2.75) is 71.0 Å². The number of nitrogens with one attached hydrogen (secondary N) is 1. The molecule has 0 atom stereocenters. The van der Waals surface area contributed by atoms with Crippen molar-refractivity contribution in [3.8, 4) is 5.19 Å². The molecule has 5 nitrogen and oxygen atoms in total. The fourth-order valence-electron chi connectivity index (χ4n) is 4.14. The lowest BCUT2D eigenvalue weighted by Gasteiger charge is -2.31. The monoisotopic (exact) mass is 447 g/mol. The van der Waals surface area contributed by atoms with Crippen LogP contribution in [0, 0.1) is 11.8 Å². The van der Waals surface area contributed by atoms with Crippen LogP contribution in [0.15, 0.2) is 0 Å². The fraction of sp³-hybridized carbons (Fsp3) is 0.810. The van der Waals surface area contributed by atoms with E-state index >= 15 is 0 Å². The first-order valence-corrected chi connectivity index (χ1v) is 11.7. The van der Waals surface area contributed by atoms with Gasteiger partial charge in [-0.1, -0.05) is 25.2 Å². The van der Waals surface area contributed by atoms with Crippen LogP contribution < -0.4 is 10.1 Å². The summed E-state index contributed by atoms with van der Waals surface area (Å²) in [5.74, 6) is 0.891. The molecular weight excluding hydrogens is 415 g/mol. The highest BCUT2D eigenvalue weighted by atomic mass is 32.1. The fourth-order valence-corrected chi connectivity index (χ4v) is 5.09. The molecule has 1 fully saturated rings. The highest BCUT2D eigenvalue weighted by molar-refractivity contribution is 7.13. The standard InChI is InChI=1S/C21H32F3N3O2S/c1-14(2)19(28)25-16-5-3-15(4-6-16)7-10-27-11-8-17-18(9-12-27)30-20(26-17)29-13-21(22,23)24/h14-16H,3-13H2,1-2H3,(H,25,28)/t15-,16-. The van der Waals surface area contributed by atoms with E-state index in [1.54, 1.807) is 0 Å². The second-order valence-electron chi connectivity index (χ2n) is 8.76. The van der Waals surface area contributed by atoms with Crippen molar-refractivity contribution in [2.24, 2.45) is 11.8 Å². The Hall–Kier alpha value is -1.35. The number of hydrogen-bond donors (Lipinski definition) is 1. The van der Waals surface area contributed by atoms with Gasteiger partial charge in [-0.25, -0.2) is 4.98 Å². The number of hydrogen-bond acceptors (Lipinski definition) is 5. The van der Waals surface area contributed by atoms with Gasteiger partial charge in [0, 0.05) is 36.3 Å². The third kappa shape index (κ3) is 7.11. The summed E-state index contributed by atoms with van der Waals surface area (Å²) >= 11 is 1.25. The maximum Gasteiger partial charge on any atom is 0.422 e. The van der Waals surface area contributed by atoms with Crippen LogP contribution in [0.5, 0.6) is 5.19 Å². The van der Waals surface area contributed by atoms with Gasteiger partial charge in [0.15, 0.2) is 6.61 Å². The largest absolute Gasteiger partial charge is 0.460 e. The Kier molecular flexibility index (Phi) is 8.01. The Bertz CT molecular complexity index is 675. The first-order valence-electron chi connectivity index (χ1n) is 10.9. The number of halogens is 3. The third-order valence-corrected chi connectivity index (χ3v) is 7.08. The zero-order valence-corrected chi connectivity index (χ0v) is 18.6. The van der Waals surface area contributed by atoms with Gasteiger partial charge < -0.3 is 15.0 Å². The molecule has 0 spiro atoms. The van der Waals surface area contributed by atoms with Crippen LogP contribution in [0.25, 0.3) is 0 Å². The Morgan fingerprint density at radius 2 is 1.93 bits per heavy atom. The first kappa shape index (κ1) is 23.3. The van der Waals surface area contributed by atoms with Gasteiger partial charge in [0.25, 0.3) is 5.19 Å². The van der Waals surface area contributed by atoms with E-state index in [0.717, 1.165) is 75.2 Å². The molecule has 2 aliphatic rings. The van der Waals surface area contributed by atoms with Crippen LogP contribution in [-0.2, 0) is 17.6 Å². The molecule has 2 heterocycles. The maximum atomic E-state index is 12.3. The number of nitrogens with zero attached hydrogens (tertiary/aromatic N) is 2. The highest BCUT2D eigenvalue weighted by Gasteiger charge is 2.30. The normalized spacial score (nSPS) is 23.1. The van der Waals surface area contributed by atoms with Crippen LogP contribution in [0.3, 0.4) is 0 Å². The number of thiazole rings is 1. The lowest BCUT2D eigenvalue weighted by molar-refractivity contribution is -0.153. The number of alkyl halides is 3. The molecule has 0 bridgehead atoms. The van der Waals surface area contributed by atoms with Crippen LogP contribution >= 0.6 is 11.3 Å². The Morgan fingerprint density at radius 3 is 2.60 bits per heavy atom. The Labute approximate surface area is 180 Å². The lowest BCUT2D eigenvalue weighted by Crippen LogP contribution is -2.40. The van der Waals surface area contributed by atoms with Gasteiger partial charge >= 0.3 is 6.18 Å². The Morgan fingerprint density at radius 1 is 1.23 bits per heavy atom. The van der Waals surface area contributed by atoms with Gasteiger partial charge in [-0.05, 0) is 51.0 Å². The summed E-state index contributed by atoms with van der Waals surface area (Å²) in [6, 6.07) is 0.324. The van der Waals surface area contributed by atoms with Gasteiger partial charge in [-0.2, -0.15) is 13.2 Å². The second-order valence-corrected chi connectivity index (χ2v) is 9.81. The SMILES string of the molecule is CC(C)C(=O)N[C@H]1CC[C@H](CCN2CCc3nc(OCC(F)(F)F)sc3CC2)CC1. The average molecular weight is 448 g/mol. The molecular formula is C21H32F3N3O2S. The van der Waals surface area contributed by atoms with Crippen LogP contribution in [0.2, 0.25) is 0 Å².